The molecule has 0 saturated heterocycles. The maximum Gasteiger partial charge on any atom is 0.277 e. The zero-order valence-corrected chi connectivity index (χ0v) is 12.0. The van der Waals surface area contributed by atoms with Gasteiger partial charge in [-0.3, -0.25) is 0 Å². The second kappa shape index (κ2) is 4.65. The summed E-state index contributed by atoms with van der Waals surface area (Å²) in [5.74, 6) is 0. The van der Waals surface area contributed by atoms with Crippen LogP contribution in [0.4, 0.5) is 0 Å². The van der Waals surface area contributed by atoms with Crippen LogP contribution in [0.15, 0.2) is 22.4 Å². The number of sulfone groups is 1. The van der Waals surface area contributed by atoms with Gasteiger partial charge in [0.2, 0.25) is 0 Å². The smallest absolute Gasteiger partial charge is 0.223 e. The molecule has 0 aliphatic carbocycles. The highest BCUT2D eigenvalue weighted by atomic mass is 32.2. The number of aromatic nitrogens is 4. The molecule has 0 aliphatic heterocycles. The Morgan fingerprint density at radius 2 is 0.947 bits per heavy atom. The summed E-state index contributed by atoms with van der Waals surface area (Å²) >= 11 is 0. The minimum absolute atomic E-state index is 0.255. The Hall–Kier alpha value is -1.89. The van der Waals surface area contributed by atoms with E-state index in [1.807, 2.05) is 0 Å². The van der Waals surface area contributed by atoms with E-state index in [-0.39, 0.29) is 10.3 Å². The lowest BCUT2D eigenvalue weighted by Crippen LogP contribution is -2.13. The molecule has 2 aromatic heterocycles. The lowest BCUT2D eigenvalue weighted by atomic mass is 10.4. The fourth-order valence-electron chi connectivity index (χ4n) is 1.71. The summed E-state index contributed by atoms with van der Waals surface area (Å²) in [6.45, 7) is 6.87. The van der Waals surface area contributed by atoms with Crippen LogP contribution in [0, 0.1) is 27.7 Å². The van der Waals surface area contributed by atoms with Gasteiger partial charge in [0.25, 0.3) is 20.2 Å². The Labute approximate surface area is 111 Å². The van der Waals surface area contributed by atoms with Crippen molar-refractivity contribution < 1.29 is 8.42 Å². The van der Waals surface area contributed by atoms with Gasteiger partial charge in [-0.25, -0.2) is 28.4 Å². The third-order valence-corrected chi connectivity index (χ3v) is 3.73. The van der Waals surface area contributed by atoms with Gasteiger partial charge in [0, 0.05) is 22.8 Å². The van der Waals surface area contributed by atoms with Crippen molar-refractivity contribution in [2.24, 2.45) is 0 Å². The fraction of sp³-hybridized carbons (Fsp3) is 0.333. The van der Waals surface area contributed by atoms with Gasteiger partial charge in [-0.2, -0.15) is 0 Å². The van der Waals surface area contributed by atoms with Crippen molar-refractivity contribution in [3.05, 3.63) is 34.9 Å². The molecular formula is C12H14N4O2S. The van der Waals surface area contributed by atoms with Crippen molar-refractivity contribution in [1.82, 2.24) is 19.9 Å². The van der Waals surface area contributed by atoms with Gasteiger partial charge in [0.05, 0.1) is 0 Å². The van der Waals surface area contributed by atoms with Crippen LogP contribution < -0.4 is 0 Å². The Kier molecular flexibility index (Phi) is 3.32. The molecule has 0 fully saturated rings. The zero-order chi connectivity index (χ0) is 14.2. The van der Waals surface area contributed by atoms with E-state index in [1.54, 1.807) is 39.8 Å². The van der Waals surface area contributed by atoms with Crippen molar-refractivity contribution in [2.75, 3.05) is 0 Å². The molecule has 0 atom stereocenters. The first-order valence-corrected chi connectivity index (χ1v) is 7.17. The molecule has 6 nitrogen and oxygen atoms in total. The van der Waals surface area contributed by atoms with E-state index in [4.69, 9.17) is 0 Å². The lowest BCUT2D eigenvalue weighted by Gasteiger charge is -2.05. The molecule has 2 rings (SSSR count). The molecule has 19 heavy (non-hydrogen) atoms. The number of aryl methyl sites for hydroxylation is 4. The van der Waals surface area contributed by atoms with Crippen molar-refractivity contribution in [1.29, 1.82) is 0 Å². The molecule has 0 bridgehead atoms. The predicted molar refractivity (Wildman–Crippen MR) is 68.5 cm³/mol. The molecule has 0 aliphatic rings. The maximum atomic E-state index is 12.4. The molecule has 0 spiro atoms. The second-order valence-electron chi connectivity index (χ2n) is 4.37. The molecule has 7 heteroatoms. The van der Waals surface area contributed by atoms with Gasteiger partial charge < -0.3 is 0 Å². The number of nitrogens with zero attached hydrogens (tertiary/aromatic N) is 4. The van der Waals surface area contributed by atoms with E-state index >= 15 is 0 Å². The zero-order valence-electron chi connectivity index (χ0n) is 11.2. The fourth-order valence-corrected chi connectivity index (χ4v) is 2.93. The van der Waals surface area contributed by atoms with Crippen molar-refractivity contribution in [2.45, 2.75) is 38.0 Å². The Morgan fingerprint density at radius 1 is 0.684 bits per heavy atom. The highest BCUT2D eigenvalue weighted by Crippen LogP contribution is 2.15. The summed E-state index contributed by atoms with van der Waals surface area (Å²) in [4.78, 5) is 15.8. The molecule has 0 saturated carbocycles. The van der Waals surface area contributed by atoms with Gasteiger partial charge in [-0.1, -0.05) is 0 Å². The highest BCUT2D eigenvalue weighted by Gasteiger charge is 2.25. The molecule has 2 aromatic rings. The monoisotopic (exact) mass is 278 g/mol. The number of hydrogen-bond donors (Lipinski definition) is 0. The van der Waals surface area contributed by atoms with Crippen LogP contribution in [0.3, 0.4) is 0 Å². The Bertz CT molecular complexity index is 643. The van der Waals surface area contributed by atoms with Gasteiger partial charge >= 0.3 is 0 Å². The van der Waals surface area contributed by atoms with Crippen molar-refractivity contribution in [3.63, 3.8) is 0 Å². The SMILES string of the molecule is Cc1cc(C)nc(S(=O)(=O)c2nc(C)cc(C)n2)n1. The molecule has 0 unspecified atom stereocenters. The van der Waals surface area contributed by atoms with E-state index in [1.165, 1.54) is 0 Å². The maximum absolute atomic E-state index is 12.4. The first-order valence-electron chi connectivity index (χ1n) is 5.69. The molecular weight excluding hydrogens is 264 g/mol. The summed E-state index contributed by atoms with van der Waals surface area (Å²) in [6.07, 6.45) is 0. The predicted octanol–water partition coefficient (Wildman–Crippen LogP) is 1.33. The lowest BCUT2D eigenvalue weighted by molar-refractivity contribution is 0.574. The third-order valence-electron chi connectivity index (χ3n) is 2.40. The molecule has 0 aromatic carbocycles. The molecule has 2 heterocycles. The first kappa shape index (κ1) is 13.5. The minimum atomic E-state index is -3.87. The standard InChI is InChI=1S/C12H14N4O2S/c1-7-5-8(2)14-11(13-7)19(17,18)12-15-9(3)6-10(4)16-12/h5-6H,1-4H3. The van der Waals surface area contributed by atoms with E-state index in [2.05, 4.69) is 19.9 Å². The van der Waals surface area contributed by atoms with Gasteiger partial charge in [-0.05, 0) is 39.8 Å². The molecule has 0 N–H and O–H groups in total. The van der Waals surface area contributed by atoms with Crippen LogP contribution in [0.1, 0.15) is 22.8 Å². The average Bonchev–Trinajstić information content (AvgIpc) is 2.26. The molecule has 100 valence electrons. The van der Waals surface area contributed by atoms with Crippen LogP contribution in [0.5, 0.6) is 0 Å². The van der Waals surface area contributed by atoms with Crippen LogP contribution in [-0.2, 0) is 9.84 Å². The first-order chi connectivity index (χ1) is 8.79. The summed E-state index contributed by atoms with van der Waals surface area (Å²) in [5, 5.41) is -0.509. The highest BCUT2D eigenvalue weighted by molar-refractivity contribution is 7.91. The normalized spacial score (nSPS) is 11.6. The Balaban J connectivity index is 2.65. The van der Waals surface area contributed by atoms with Gasteiger partial charge in [0.1, 0.15) is 0 Å². The molecule has 0 amide bonds. The van der Waals surface area contributed by atoms with Crippen LogP contribution in [0.25, 0.3) is 0 Å². The number of hydrogen-bond acceptors (Lipinski definition) is 6. The van der Waals surface area contributed by atoms with Crippen LogP contribution in [-0.4, -0.2) is 28.4 Å². The minimum Gasteiger partial charge on any atom is -0.223 e. The summed E-state index contributed by atoms with van der Waals surface area (Å²) in [7, 11) is -3.87. The van der Waals surface area contributed by atoms with E-state index in [9.17, 15) is 8.42 Å². The summed E-state index contributed by atoms with van der Waals surface area (Å²) in [5.41, 5.74) is 2.37. The molecule has 0 radical (unpaired) electrons. The quantitative estimate of drug-likeness (QED) is 0.770. The van der Waals surface area contributed by atoms with Crippen LogP contribution >= 0.6 is 0 Å². The Morgan fingerprint density at radius 3 is 1.21 bits per heavy atom. The van der Waals surface area contributed by atoms with Crippen molar-refractivity contribution in [3.8, 4) is 0 Å². The van der Waals surface area contributed by atoms with Crippen molar-refractivity contribution >= 4 is 9.84 Å². The summed E-state index contributed by atoms with van der Waals surface area (Å²) in [6, 6.07) is 3.42. The number of rotatable bonds is 2. The van der Waals surface area contributed by atoms with E-state index < -0.39 is 9.84 Å². The van der Waals surface area contributed by atoms with Gasteiger partial charge in [0.15, 0.2) is 0 Å². The average molecular weight is 278 g/mol. The van der Waals surface area contributed by atoms with E-state index in [0.717, 1.165) is 0 Å². The van der Waals surface area contributed by atoms with Crippen LogP contribution in [0.2, 0.25) is 0 Å². The van der Waals surface area contributed by atoms with E-state index in [0.29, 0.717) is 22.8 Å². The largest absolute Gasteiger partial charge is 0.277 e. The summed E-state index contributed by atoms with van der Waals surface area (Å²) < 4.78 is 24.8. The van der Waals surface area contributed by atoms with Gasteiger partial charge in [-0.15, -0.1) is 0 Å². The third kappa shape index (κ3) is 2.76. The second-order valence-corrected chi connectivity index (χ2v) is 6.11. The topological polar surface area (TPSA) is 85.7 Å².